The third-order valence-corrected chi connectivity index (χ3v) is 7.80. The smallest absolute Gasteiger partial charge is 0.341 e. The molecule has 4 aromatic carbocycles. The van der Waals surface area contributed by atoms with E-state index in [9.17, 15) is 4.79 Å². The second-order valence-corrected chi connectivity index (χ2v) is 11.2. The Balaban J connectivity index is 1.33. The van der Waals surface area contributed by atoms with Gasteiger partial charge in [-0.15, -0.1) is 0 Å². The number of hydrogen-bond donors (Lipinski definition) is 0. The van der Waals surface area contributed by atoms with Gasteiger partial charge >= 0.3 is 5.97 Å². The van der Waals surface area contributed by atoms with Gasteiger partial charge in [0.25, 0.3) is 0 Å². The van der Waals surface area contributed by atoms with Crippen LogP contribution in [0.25, 0.3) is 11.1 Å². The Morgan fingerprint density at radius 3 is 2.30 bits per heavy atom. The van der Waals surface area contributed by atoms with Crippen molar-refractivity contribution in [1.82, 2.24) is 9.80 Å². The maximum atomic E-state index is 12.5. The molecule has 1 aliphatic heterocycles. The Labute approximate surface area is 259 Å². The van der Waals surface area contributed by atoms with Gasteiger partial charge in [0.15, 0.2) is 0 Å². The van der Waals surface area contributed by atoms with Crippen LogP contribution in [0.3, 0.4) is 0 Å². The number of ether oxygens (including phenoxy) is 3. The zero-order valence-corrected chi connectivity index (χ0v) is 25.7. The molecule has 224 valence electrons. The molecule has 0 saturated carbocycles. The third-order valence-electron chi connectivity index (χ3n) is 7.55. The molecule has 0 amide bonds. The molecule has 0 spiro atoms. The molecule has 1 aliphatic rings. The monoisotopic (exact) mass is 599 g/mol. The summed E-state index contributed by atoms with van der Waals surface area (Å²) >= 11 is 6.20. The van der Waals surface area contributed by atoms with Crippen molar-refractivity contribution in [2.75, 3.05) is 65.4 Å². The average molecular weight is 600 g/mol. The van der Waals surface area contributed by atoms with Crippen LogP contribution in [0.2, 0.25) is 5.02 Å². The maximum absolute atomic E-state index is 12.5. The fraction of sp³-hybridized carbons (Fsp3) is 0.286. The topological polar surface area (TPSA) is 54.5 Å². The minimum atomic E-state index is -0.426. The van der Waals surface area contributed by atoms with E-state index in [-0.39, 0.29) is 0 Å². The first-order valence-electron chi connectivity index (χ1n) is 14.5. The summed E-state index contributed by atoms with van der Waals surface area (Å²) in [5.41, 5.74) is 4.86. The number of para-hydroxylation sites is 1. The van der Waals surface area contributed by atoms with Gasteiger partial charge in [0.1, 0.15) is 29.4 Å². The van der Waals surface area contributed by atoms with Crippen LogP contribution >= 0.6 is 11.6 Å². The minimum Gasteiger partial charge on any atom is -0.492 e. The first-order chi connectivity index (χ1) is 20.9. The highest BCUT2D eigenvalue weighted by Gasteiger charge is 2.23. The van der Waals surface area contributed by atoms with Crippen LogP contribution in [0, 0.1) is 0 Å². The number of esters is 1. The first-order valence-corrected chi connectivity index (χ1v) is 14.9. The number of rotatable bonds is 11. The SMILES string of the molecule is COC(=O)c1ccc(N2CCN(Cc3c(OCCN(C)C)cccc3-c3ccc(Cl)cc3)CC2)cc1Oc1ccccc1. The molecule has 5 rings (SSSR count). The van der Waals surface area contributed by atoms with Crippen LogP contribution in [0.4, 0.5) is 5.69 Å². The fourth-order valence-corrected chi connectivity index (χ4v) is 5.30. The number of hydrogen-bond acceptors (Lipinski definition) is 7. The van der Waals surface area contributed by atoms with Crippen LogP contribution in [0.1, 0.15) is 15.9 Å². The predicted molar refractivity (Wildman–Crippen MR) is 173 cm³/mol. The predicted octanol–water partition coefficient (Wildman–Crippen LogP) is 6.85. The third kappa shape index (κ3) is 7.87. The Morgan fingerprint density at radius 2 is 1.60 bits per heavy atom. The maximum Gasteiger partial charge on any atom is 0.341 e. The number of piperazine rings is 1. The zero-order valence-electron chi connectivity index (χ0n) is 25.0. The molecule has 0 unspecified atom stereocenters. The van der Waals surface area contributed by atoms with Gasteiger partial charge in [-0.1, -0.05) is 54.1 Å². The quantitative estimate of drug-likeness (QED) is 0.175. The number of carbonyl (C=O) groups is 1. The molecule has 1 heterocycles. The molecular weight excluding hydrogens is 562 g/mol. The van der Waals surface area contributed by atoms with Crippen molar-refractivity contribution in [2.45, 2.75) is 6.54 Å². The molecular formula is C35H38ClN3O4. The van der Waals surface area contributed by atoms with E-state index in [1.807, 2.05) is 68.7 Å². The number of nitrogens with zero attached hydrogens (tertiary/aromatic N) is 3. The Bertz CT molecular complexity index is 1500. The molecule has 4 aromatic rings. The van der Waals surface area contributed by atoms with Gasteiger partial charge in [-0.25, -0.2) is 4.79 Å². The van der Waals surface area contributed by atoms with E-state index < -0.39 is 5.97 Å². The van der Waals surface area contributed by atoms with Gasteiger partial charge in [0, 0.05) is 61.6 Å². The highest BCUT2D eigenvalue weighted by Crippen LogP contribution is 2.34. The lowest BCUT2D eigenvalue weighted by Crippen LogP contribution is -2.46. The van der Waals surface area contributed by atoms with Gasteiger partial charge in [0.2, 0.25) is 0 Å². The van der Waals surface area contributed by atoms with Crippen molar-refractivity contribution in [3.8, 4) is 28.4 Å². The summed E-state index contributed by atoms with van der Waals surface area (Å²) in [5, 5.41) is 0.719. The largest absolute Gasteiger partial charge is 0.492 e. The Morgan fingerprint density at radius 1 is 0.860 bits per heavy atom. The molecule has 0 bridgehead atoms. The van der Waals surface area contributed by atoms with Gasteiger partial charge in [-0.2, -0.15) is 0 Å². The summed E-state index contributed by atoms with van der Waals surface area (Å²) < 4.78 is 17.4. The number of benzene rings is 4. The van der Waals surface area contributed by atoms with Crippen molar-refractivity contribution in [1.29, 1.82) is 0 Å². The Kier molecular flexibility index (Phi) is 10.2. The second-order valence-electron chi connectivity index (χ2n) is 10.8. The van der Waals surface area contributed by atoms with Crippen LogP contribution in [0.15, 0.2) is 91.0 Å². The van der Waals surface area contributed by atoms with E-state index >= 15 is 0 Å². The van der Waals surface area contributed by atoms with E-state index in [1.54, 1.807) is 6.07 Å². The summed E-state index contributed by atoms with van der Waals surface area (Å²) in [6, 6.07) is 29.4. The minimum absolute atomic E-state index is 0.398. The number of carbonyl (C=O) groups excluding carboxylic acids is 1. The lowest BCUT2D eigenvalue weighted by Gasteiger charge is -2.37. The summed E-state index contributed by atoms with van der Waals surface area (Å²) in [5.74, 6) is 1.63. The molecule has 0 aromatic heterocycles. The van der Waals surface area contributed by atoms with E-state index in [4.69, 9.17) is 25.8 Å². The van der Waals surface area contributed by atoms with Crippen LogP contribution in [0.5, 0.6) is 17.2 Å². The number of methoxy groups -OCH3 is 1. The van der Waals surface area contributed by atoms with Crippen LogP contribution in [-0.4, -0.2) is 76.3 Å². The van der Waals surface area contributed by atoms with Crippen LogP contribution < -0.4 is 14.4 Å². The summed E-state index contributed by atoms with van der Waals surface area (Å²) in [6.45, 7) is 5.65. The molecule has 0 radical (unpaired) electrons. The lowest BCUT2D eigenvalue weighted by atomic mass is 9.98. The van der Waals surface area contributed by atoms with Gasteiger partial charge < -0.3 is 24.0 Å². The lowest BCUT2D eigenvalue weighted by molar-refractivity contribution is 0.0598. The number of halogens is 1. The second kappa shape index (κ2) is 14.4. The summed E-state index contributed by atoms with van der Waals surface area (Å²) in [7, 11) is 5.48. The van der Waals surface area contributed by atoms with Crippen molar-refractivity contribution < 1.29 is 19.0 Å². The average Bonchev–Trinajstić information content (AvgIpc) is 3.02. The van der Waals surface area contributed by atoms with E-state index in [2.05, 4.69) is 45.0 Å². The molecule has 43 heavy (non-hydrogen) atoms. The van der Waals surface area contributed by atoms with E-state index in [1.165, 1.54) is 12.7 Å². The molecule has 8 heteroatoms. The molecule has 0 N–H and O–H groups in total. The van der Waals surface area contributed by atoms with Gasteiger partial charge in [-0.05, 0) is 67.7 Å². The molecule has 1 saturated heterocycles. The van der Waals surface area contributed by atoms with E-state index in [0.29, 0.717) is 23.7 Å². The highest BCUT2D eigenvalue weighted by molar-refractivity contribution is 6.30. The van der Waals surface area contributed by atoms with Gasteiger partial charge in [-0.3, -0.25) is 4.90 Å². The summed E-state index contributed by atoms with van der Waals surface area (Å²) in [4.78, 5) is 19.4. The van der Waals surface area contributed by atoms with Crippen molar-refractivity contribution >= 4 is 23.3 Å². The summed E-state index contributed by atoms with van der Waals surface area (Å²) in [6.07, 6.45) is 0. The van der Waals surface area contributed by atoms with Crippen molar-refractivity contribution in [2.24, 2.45) is 0 Å². The van der Waals surface area contributed by atoms with E-state index in [0.717, 1.165) is 66.9 Å². The fourth-order valence-electron chi connectivity index (χ4n) is 5.18. The standard InChI is InChI=1S/C35H38ClN3O4/c1-37(2)22-23-42-33-11-7-10-30(26-12-14-27(36)15-13-26)32(33)25-38-18-20-39(21-19-38)28-16-17-31(35(40)41-3)34(24-28)43-29-8-5-4-6-9-29/h4-17,24H,18-23,25H2,1-3H3. The normalized spacial score (nSPS) is 13.7. The molecule has 0 atom stereocenters. The first kappa shape index (κ1) is 30.4. The molecule has 1 fully saturated rings. The number of anilines is 1. The highest BCUT2D eigenvalue weighted by atomic mass is 35.5. The Hall–Kier alpha value is -4.04. The molecule has 7 nitrogen and oxygen atoms in total. The zero-order chi connectivity index (χ0) is 30.2. The van der Waals surface area contributed by atoms with Gasteiger partial charge in [0.05, 0.1) is 7.11 Å². The van der Waals surface area contributed by atoms with Crippen molar-refractivity contribution in [3.05, 3.63) is 107 Å². The van der Waals surface area contributed by atoms with Crippen LogP contribution in [-0.2, 0) is 11.3 Å². The molecule has 0 aliphatic carbocycles. The van der Waals surface area contributed by atoms with Crippen molar-refractivity contribution in [3.63, 3.8) is 0 Å². The number of likely N-dealkylation sites (N-methyl/N-ethyl adjacent to an activating group) is 1.